The number of nitrogens with one attached hydrogen (secondary N) is 1. The summed E-state index contributed by atoms with van der Waals surface area (Å²) in [7, 11) is 0. The fourth-order valence-electron chi connectivity index (χ4n) is 5.55. The lowest BCUT2D eigenvalue weighted by molar-refractivity contribution is -0.171. The monoisotopic (exact) mass is 562 g/mol. The highest BCUT2D eigenvalue weighted by molar-refractivity contribution is 7.99. The molecule has 0 bridgehead atoms. The van der Waals surface area contributed by atoms with Gasteiger partial charge in [-0.1, -0.05) is 30.0 Å². The van der Waals surface area contributed by atoms with E-state index in [-0.39, 0.29) is 49.5 Å². The Balaban J connectivity index is 1.31. The van der Waals surface area contributed by atoms with Crippen molar-refractivity contribution in [3.05, 3.63) is 35.4 Å². The van der Waals surface area contributed by atoms with Crippen LogP contribution in [0.3, 0.4) is 0 Å². The molecule has 6 rings (SSSR count). The van der Waals surface area contributed by atoms with Crippen LogP contribution in [0.25, 0.3) is 11.2 Å². The summed E-state index contributed by atoms with van der Waals surface area (Å²) >= 11 is 1.55. The van der Waals surface area contributed by atoms with E-state index in [1.807, 2.05) is 13.8 Å². The first-order valence-electron chi connectivity index (χ1n) is 13.3. The molecule has 2 aromatic heterocycles. The maximum Gasteiger partial charge on any atom is 0.191 e. The lowest BCUT2D eigenvalue weighted by Gasteiger charge is -2.23. The minimum atomic E-state index is -0.853. The summed E-state index contributed by atoms with van der Waals surface area (Å²) in [4.78, 5) is 9.57. The van der Waals surface area contributed by atoms with Crippen LogP contribution in [-0.2, 0) is 14.2 Å². The van der Waals surface area contributed by atoms with E-state index in [1.54, 1.807) is 22.5 Å². The SMILES string of the molecule is CCCSc1nc(N[C@@H]2C[C@H]2c2ccc(F)c(F)c2)c2nnn([C@H]3C[C@@H](OCCO)[C@@H]4OC(C)(C)O[C@@H]43)c2n1. The maximum atomic E-state index is 13.8. The molecule has 0 amide bonds. The van der Waals surface area contributed by atoms with Crippen molar-refractivity contribution in [1.29, 1.82) is 0 Å². The van der Waals surface area contributed by atoms with Crippen LogP contribution in [0.2, 0.25) is 0 Å². The van der Waals surface area contributed by atoms with E-state index in [0.29, 0.717) is 28.6 Å². The van der Waals surface area contributed by atoms with E-state index >= 15 is 0 Å². The average molecular weight is 563 g/mol. The van der Waals surface area contributed by atoms with Gasteiger partial charge in [0.25, 0.3) is 0 Å². The molecule has 2 aliphatic carbocycles. The van der Waals surface area contributed by atoms with Gasteiger partial charge >= 0.3 is 0 Å². The Morgan fingerprint density at radius 3 is 2.77 bits per heavy atom. The van der Waals surface area contributed by atoms with Gasteiger partial charge < -0.3 is 24.6 Å². The predicted octanol–water partition coefficient (Wildman–Crippen LogP) is 3.81. The molecule has 39 heavy (non-hydrogen) atoms. The van der Waals surface area contributed by atoms with E-state index in [4.69, 9.17) is 24.2 Å². The van der Waals surface area contributed by atoms with Crippen molar-refractivity contribution in [1.82, 2.24) is 25.0 Å². The van der Waals surface area contributed by atoms with Crippen LogP contribution in [0, 0.1) is 11.6 Å². The third-order valence-electron chi connectivity index (χ3n) is 7.34. The smallest absolute Gasteiger partial charge is 0.191 e. The summed E-state index contributed by atoms with van der Waals surface area (Å²) in [6, 6.07) is 3.80. The number of fused-ring (bicyclic) bond motifs is 2. The van der Waals surface area contributed by atoms with Gasteiger partial charge in [0.2, 0.25) is 0 Å². The minimum absolute atomic E-state index is 0.00150. The van der Waals surface area contributed by atoms with Gasteiger partial charge in [-0.2, -0.15) is 0 Å². The molecule has 3 aromatic rings. The van der Waals surface area contributed by atoms with Crippen molar-refractivity contribution >= 4 is 28.7 Å². The Hall–Kier alpha value is -2.45. The lowest BCUT2D eigenvalue weighted by atomic mass is 10.1. The van der Waals surface area contributed by atoms with Gasteiger partial charge in [-0.15, -0.1) is 5.10 Å². The van der Waals surface area contributed by atoms with Gasteiger partial charge in [0, 0.05) is 24.1 Å². The van der Waals surface area contributed by atoms with Crippen molar-refractivity contribution in [3.8, 4) is 0 Å². The summed E-state index contributed by atoms with van der Waals surface area (Å²) in [6.07, 6.45) is 1.38. The third kappa shape index (κ3) is 5.22. The molecule has 0 unspecified atom stereocenters. The van der Waals surface area contributed by atoms with Crippen LogP contribution in [0.15, 0.2) is 23.4 Å². The van der Waals surface area contributed by atoms with Gasteiger partial charge in [0.05, 0.1) is 25.4 Å². The van der Waals surface area contributed by atoms with E-state index in [0.717, 1.165) is 30.2 Å². The second-order valence-corrected chi connectivity index (χ2v) is 11.7. The van der Waals surface area contributed by atoms with Crippen LogP contribution in [-0.4, -0.2) is 79.2 Å². The molecule has 13 heteroatoms. The second-order valence-electron chi connectivity index (χ2n) is 10.7. The van der Waals surface area contributed by atoms with Crippen molar-refractivity contribution < 1.29 is 28.1 Å². The molecule has 3 aliphatic rings. The number of hydrogen-bond acceptors (Lipinski definition) is 10. The molecular formula is C26H32F2N6O4S. The first kappa shape index (κ1) is 26.8. The number of thioether (sulfide) groups is 1. The molecule has 1 saturated heterocycles. The van der Waals surface area contributed by atoms with E-state index < -0.39 is 17.4 Å². The molecule has 10 nitrogen and oxygen atoms in total. The van der Waals surface area contributed by atoms with Crippen LogP contribution in [0.5, 0.6) is 0 Å². The molecule has 3 heterocycles. The first-order chi connectivity index (χ1) is 18.8. The zero-order valence-corrected chi connectivity index (χ0v) is 22.8. The molecule has 3 fully saturated rings. The standard InChI is InChI=1S/C26H32F2N6O4S/c1-4-9-39-25-30-23(29-17-11-14(17)13-5-6-15(27)16(28)10-13)20-24(31-25)34(33-32-20)18-12-19(36-8-7-35)22-21(18)37-26(2,3)38-22/h5-6,10,14,17-19,21-22,35H,4,7-9,11-12H2,1-3H3,(H,29,30,31)/t14-,17+,18-,19+,21+,22-/m0/s1. The highest BCUT2D eigenvalue weighted by Crippen LogP contribution is 2.46. The fourth-order valence-corrected chi connectivity index (χ4v) is 6.24. The number of halogens is 2. The highest BCUT2D eigenvalue weighted by Gasteiger charge is 2.56. The van der Waals surface area contributed by atoms with E-state index in [1.165, 1.54) is 6.07 Å². The topological polar surface area (TPSA) is 116 Å². The highest BCUT2D eigenvalue weighted by atomic mass is 32.2. The number of benzene rings is 1. The van der Waals surface area contributed by atoms with Gasteiger partial charge in [-0.3, -0.25) is 0 Å². The molecule has 1 aliphatic heterocycles. The lowest BCUT2D eigenvalue weighted by Crippen LogP contribution is -2.31. The molecule has 0 spiro atoms. The van der Waals surface area contributed by atoms with E-state index in [2.05, 4.69) is 22.6 Å². The van der Waals surface area contributed by atoms with Crippen molar-refractivity contribution in [3.63, 3.8) is 0 Å². The Bertz CT molecular complexity index is 1360. The summed E-state index contributed by atoms with van der Waals surface area (Å²) in [5.41, 5.74) is 1.85. The Morgan fingerprint density at radius 2 is 2.00 bits per heavy atom. The zero-order valence-electron chi connectivity index (χ0n) is 22.0. The first-order valence-corrected chi connectivity index (χ1v) is 14.3. The van der Waals surface area contributed by atoms with Gasteiger partial charge in [-0.25, -0.2) is 23.4 Å². The van der Waals surface area contributed by atoms with Crippen LogP contribution >= 0.6 is 11.8 Å². The second kappa shape index (κ2) is 10.5. The number of aromatic nitrogens is 5. The average Bonchev–Trinajstić information content (AvgIpc) is 3.24. The maximum absolute atomic E-state index is 13.8. The molecule has 2 N–H and O–H groups in total. The third-order valence-corrected chi connectivity index (χ3v) is 8.40. The number of nitrogens with zero attached hydrogens (tertiary/aromatic N) is 5. The molecule has 6 atom stereocenters. The summed E-state index contributed by atoms with van der Waals surface area (Å²) in [5.74, 6) is -1.03. The van der Waals surface area contributed by atoms with Crippen molar-refractivity contribution in [2.75, 3.05) is 24.3 Å². The molecule has 210 valence electrons. The van der Waals surface area contributed by atoms with Crippen molar-refractivity contribution in [2.24, 2.45) is 0 Å². The van der Waals surface area contributed by atoms with Crippen LogP contribution < -0.4 is 5.32 Å². The fraction of sp³-hybridized carbons (Fsp3) is 0.615. The normalized spacial score (nSPS) is 29.2. The summed E-state index contributed by atoms with van der Waals surface area (Å²) in [5, 5.41) is 22.3. The number of aliphatic hydroxyl groups excluding tert-OH is 1. The molecular weight excluding hydrogens is 530 g/mol. The Morgan fingerprint density at radius 1 is 1.18 bits per heavy atom. The van der Waals surface area contributed by atoms with Gasteiger partial charge in [0.15, 0.2) is 39.6 Å². The molecule has 2 saturated carbocycles. The van der Waals surface area contributed by atoms with Crippen molar-refractivity contribution in [2.45, 2.75) is 87.3 Å². The van der Waals surface area contributed by atoms with Crippen LogP contribution in [0.4, 0.5) is 14.6 Å². The van der Waals surface area contributed by atoms with Gasteiger partial charge in [-0.05, 0) is 44.4 Å². The number of ether oxygens (including phenoxy) is 3. The van der Waals surface area contributed by atoms with Crippen LogP contribution in [0.1, 0.15) is 57.6 Å². The predicted molar refractivity (Wildman–Crippen MR) is 140 cm³/mol. The molecule has 0 radical (unpaired) electrons. The largest absolute Gasteiger partial charge is 0.394 e. The Kier molecular flexibility index (Phi) is 7.21. The van der Waals surface area contributed by atoms with Gasteiger partial charge in [0.1, 0.15) is 12.2 Å². The quantitative estimate of drug-likeness (QED) is 0.279. The zero-order chi connectivity index (χ0) is 27.3. The minimum Gasteiger partial charge on any atom is -0.394 e. The molecule has 1 aromatic carbocycles. The summed E-state index contributed by atoms with van der Waals surface area (Å²) < 4.78 is 47.4. The number of anilines is 1. The number of rotatable bonds is 10. The van der Waals surface area contributed by atoms with E-state index in [9.17, 15) is 13.9 Å². The summed E-state index contributed by atoms with van der Waals surface area (Å²) in [6.45, 7) is 5.96. The number of hydrogen-bond donors (Lipinski definition) is 2. The Labute approximate surface area is 228 Å². The number of aliphatic hydroxyl groups is 1.